The smallest absolute Gasteiger partial charge is 0.236 e. The molecule has 0 heterocycles. The van der Waals surface area contributed by atoms with Crippen LogP contribution in [-0.2, 0) is 17.9 Å². The Balaban J connectivity index is 1.75. The van der Waals surface area contributed by atoms with Gasteiger partial charge in [0.05, 0.1) is 5.25 Å². The third kappa shape index (κ3) is 5.88. The SMILES string of the molecule is C[C@@H](Sc1ccc(Cl)cc1)C(=O)N(Cc1ccccc1)Cc1ccccc1. The van der Waals surface area contributed by atoms with Gasteiger partial charge in [-0.05, 0) is 42.3 Å². The Morgan fingerprint density at radius 3 is 1.81 bits per heavy atom. The normalized spacial score (nSPS) is 11.8. The van der Waals surface area contributed by atoms with Gasteiger partial charge in [0.15, 0.2) is 0 Å². The average molecular weight is 396 g/mol. The van der Waals surface area contributed by atoms with E-state index in [1.165, 1.54) is 0 Å². The third-order valence-corrected chi connectivity index (χ3v) is 5.57. The minimum absolute atomic E-state index is 0.127. The van der Waals surface area contributed by atoms with Crippen molar-refractivity contribution >= 4 is 29.3 Å². The molecule has 0 fully saturated rings. The van der Waals surface area contributed by atoms with E-state index in [0.717, 1.165) is 16.0 Å². The van der Waals surface area contributed by atoms with E-state index < -0.39 is 0 Å². The van der Waals surface area contributed by atoms with Crippen molar-refractivity contribution in [1.82, 2.24) is 4.90 Å². The fourth-order valence-electron chi connectivity index (χ4n) is 2.84. The molecule has 27 heavy (non-hydrogen) atoms. The average Bonchev–Trinajstić information content (AvgIpc) is 2.70. The maximum absolute atomic E-state index is 13.2. The molecule has 0 radical (unpaired) electrons. The first-order valence-corrected chi connectivity index (χ1v) is 10.2. The van der Waals surface area contributed by atoms with Gasteiger partial charge in [0.2, 0.25) is 5.91 Å². The highest BCUT2D eigenvalue weighted by molar-refractivity contribution is 8.00. The van der Waals surface area contributed by atoms with E-state index in [-0.39, 0.29) is 11.2 Å². The summed E-state index contributed by atoms with van der Waals surface area (Å²) in [5, 5.41) is 0.520. The molecule has 0 saturated heterocycles. The number of rotatable bonds is 7. The van der Waals surface area contributed by atoms with Crippen molar-refractivity contribution in [3.8, 4) is 0 Å². The van der Waals surface area contributed by atoms with E-state index in [0.29, 0.717) is 18.1 Å². The third-order valence-electron chi connectivity index (χ3n) is 4.22. The van der Waals surface area contributed by atoms with Crippen molar-refractivity contribution in [3.05, 3.63) is 101 Å². The van der Waals surface area contributed by atoms with E-state index >= 15 is 0 Å². The molecular weight excluding hydrogens is 374 g/mol. The molecular formula is C23H22ClNOS. The number of carbonyl (C=O) groups excluding carboxylic acids is 1. The Hall–Kier alpha value is -2.23. The molecule has 0 unspecified atom stereocenters. The van der Waals surface area contributed by atoms with E-state index in [4.69, 9.17) is 11.6 Å². The van der Waals surface area contributed by atoms with Crippen molar-refractivity contribution < 1.29 is 4.79 Å². The molecule has 138 valence electrons. The number of benzene rings is 3. The van der Waals surface area contributed by atoms with Gasteiger partial charge in [-0.15, -0.1) is 11.8 Å². The lowest BCUT2D eigenvalue weighted by atomic mass is 10.1. The van der Waals surface area contributed by atoms with Gasteiger partial charge in [-0.2, -0.15) is 0 Å². The van der Waals surface area contributed by atoms with Crippen LogP contribution in [0.15, 0.2) is 89.8 Å². The van der Waals surface area contributed by atoms with Gasteiger partial charge in [-0.3, -0.25) is 4.79 Å². The van der Waals surface area contributed by atoms with Crippen LogP contribution in [0.5, 0.6) is 0 Å². The largest absolute Gasteiger partial charge is 0.333 e. The van der Waals surface area contributed by atoms with Crippen LogP contribution in [-0.4, -0.2) is 16.1 Å². The monoisotopic (exact) mass is 395 g/mol. The van der Waals surface area contributed by atoms with Crippen LogP contribution in [0.4, 0.5) is 0 Å². The Morgan fingerprint density at radius 2 is 1.33 bits per heavy atom. The van der Waals surface area contributed by atoms with Crippen molar-refractivity contribution in [2.75, 3.05) is 0 Å². The predicted octanol–water partition coefficient (Wildman–Crippen LogP) is 6.05. The molecule has 3 rings (SSSR count). The van der Waals surface area contributed by atoms with Gasteiger partial charge >= 0.3 is 0 Å². The molecule has 3 aromatic rings. The molecule has 0 saturated carbocycles. The summed E-state index contributed by atoms with van der Waals surface area (Å²) in [7, 11) is 0. The topological polar surface area (TPSA) is 20.3 Å². The highest BCUT2D eigenvalue weighted by Crippen LogP contribution is 2.26. The summed E-state index contributed by atoms with van der Waals surface area (Å²) in [4.78, 5) is 16.2. The molecule has 0 aliphatic rings. The molecule has 0 N–H and O–H groups in total. The van der Waals surface area contributed by atoms with Gasteiger partial charge < -0.3 is 4.90 Å². The second kappa shape index (κ2) is 9.63. The lowest BCUT2D eigenvalue weighted by Crippen LogP contribution is -2.35. The molecule has 2 nitrogen and oxygen atoms in total. The van der Waals surface area contributed by atoms with E-state index in [9.17, 15) is 4.79 Å². The number of carbonyl (C=O) groups is 1. The molecule has 4 heteroatoms. The zero-order valence-corrected chi connectivity index (χ0v) is 16.8. The van der Waals surface area contributed by atoms with Crippen molar-refractivity contribution in [2.24, 2.45) is 0 Å². The van der Waals surface area contributed by atoms with Crippen LogP contribution in [0.1, 0.15) is 18.1 Å². The fourth-order valence-corrected chi connectivity index (χ4v) is 3.92. The first-order valence-electron chi connectivity index (χ1n) is 8.90. The van der Waals surface area contributed by atoms with Crippen LogP contribution in [0.3, 0.4) is 0 Å². The minimum atomic E-state index is -0.182. The summed E-state index contributed by atoms with van der Waals surface area (Å²) in [6.45, 7) is 3.16. The second-order valence-corrected chi connectivity index (χ2v) is 8.23. The number of hydrogen-bond acceptors (Lipinski definition) is 2. The first kappa shape index (κ1) is 19.5. The van der Waals surface area contributed by atoms with Crippen molar-refractivity contribution in [2.45, 2.75) is 30.2 Å². The van der Waals surface area contributed by atoms with Gasteiger partial charge in [0, 0.05) is 23.0 Å². The Labute approximate surface area is 170 Å². The summed E-state index contributed by atoms with van der Waals surface area (Å²) >= 11 is 7.52. The molecule has 0 aliphatic carbocycles. The fraction of sp³-hybridized carbons (Fsp3) is 0.174. The molecule has 3 aromatic carbocycles. The number of thioether (sulfide) groups is 1. The summed E-state index contributed by atoms with van der Waals surface area (Å²) in [5.74, 6) is 0.127. The van der Waals surface area contributed by atoms with Crippen LogP contribution in [0.25, 0.3) is 0 Å². The number of hydrogen-bond donors (Lipinski definition) is 0. The Bertz CT molecular complexity index is 811. The summed E-state index contributed by atoms with van der Waals surface area (Å²) in [6.07, 6.45) is 0. The molecule has 1 atom stereocenters. The molecule has 1 amide bonds. The summed E-state index contributed by atoms with van der Waals surface area (Å²) in [6, 6.07) is 27.9. The number of halogens is 1. The highest BCUT2D eigenvalue weighted by atomic mass is 35.5. The van der Waals surface area contributed by atoms with E-state index in [2.05, 4.69) is 24.3 Å². The number of nitrogens with zero attached hydrogens (tertiary/aromatic N) is 1. The molecule has 0 spiro atoms. The standard InChI is InChI=1S/C23H22ClNOS/c1-18(27-22-14-12-21(24)13-15-22)23(26)25(16-19-8-4-2-5-9-19)17-20-10-6-3-7-11-20/h2-15,18H,16-17H2,1H3/t18-/m1/s1. The predicted molar refractivity (Wildman–Crippen MR) is 114 cm³/mol. The lowest BCUT2D eigenvalue weighted by molar-refractivity contribution is -0.131. The maximum atomic E-state index is 13.2. The van der Waals surface area contributed by atoms with Crippen molar-refractivity contribution in [3.63, 3.8) is 0 Å². The molecule has 0 aliphatic heterocycles. The van der Waals surface area contributed by atoms with Crippen LogP contribution in [0.2, 0.25) is 5.02 Å². The minimum Gasteiger partial charge on any atom is -0.333 e. The molecule has 0 bridgehead atoms. The van der Waals surface area contributed by atoms with Crippen LogP contribution >= 0.6 is 23.4 Å². The van der Waals surface area contributed by atoms with Crippen LogP contribution < -0.4 is 0 Å². The van der Waals surface area contributed by atoms with Crippen molar-refractivity contribution in [1.29, 1.82) is 0 Å². The molecule has 0 aromatic heterocycles. The van der Waals surface area contributed by atoms with Crippen LogP contribution in [0, 0.1) is 0 Å². The van der Waals surface area contributed by atoms with E-state index in [1.54, 1.807) is 11.8 Å². The van der Waals surface area contributed by atoms with Gasteiger partial charge in [-0.25, -0.2) is 0 Å². The zero-order chi connectivity index (χ0) is 19.1. The van der Waals surface area contributed by atoms with Gasteiger partial charge in [-0.1, -0.05) is 72.3 Å². The first-order chi connectivity index (χ1) is 13.1. The lowest BCUT2D eigenvalue weighted by Gasteiger charge is -2.26. The summed E-state index contributed by atoms with van der Waals surface area (Å²) in [5.41, 5.74) is 2.26. The second-order valence-electron chi connectivity index (χ2n) is 6.38. The zero-order valence-electron chi connectivity index (χ0n) is 15.2. The number of amides is 1. The quantitative estimate of drug-likeness (QED) is 0.454. The highest BCUT2D eigenvalue weighted by Gasteiger charge is 2.22. The Kier molecular flexibility index (Phi) is 6.97. The maximum Gasteiger partial charge on any atom is 0.236 e. The van der Waals surface area contributed by atoms with Gasteiger partial charge in [0.25, 0.3) is 0 Å². The Morgan fingerprint density at radius 1 is 0.852 bits per heavy atom. The van der Waals surface area contributed by atoms with Gasteiger partial charge in [0.1, 0.15) is 0 Å². The van der Waals surface area contributed by atoms with E-state index in [1.807, 2.05) is 72.5 Å². The summed E-state index contributed by atoms with van der Waals surface area (Å²) < 4.78 is 0.